The van der Waals surface area contributed by atoms with Gasteiger partial charge in [-0.3, -0.25) is 9.79 Å². The average molecular weight is 774 g/mol. The van der Waals surface area contributed by atoms with E-state index in [9.17, 15) is 14.7 Å². The van der Waals surface area contributed by atoms with Crippen molar-refractivity contribution in [1.82, 2.24) is 20.2 Å². The van der Waals surface area contributed by atoms with Crippen LogP contribution in [0.4, 0.5) is 11.6 Å². The van der Waals surface area contributed by atoms with E-state index in [1.54, 1.807) is 19.1 Å². The number of ether oxygens (including phenoxy) is 3. The summed E-state index contributed by atoms with van der Waals surface area (Å²) in [6.07, 6.45) is 7.63. The van der Waals surface area contributed by atoms with Crippen molar-refractivity contribution in [2.24, 2.45) is 10.9 Å². The maximum atomic E-state index is 14.4. The molecule has 8 heterocycles. The van der Waals surface area contributed by atoms with Gasteiger partial charge in [-0.2, -0.15) is 0 Å². The number of hydrogen-bond acceptors (Lipinski definition) is 14. The van der Waals surface area contributed by atoms with Gasteiger partial charge in [-0.05, 0) is 108 Å². The Kier molecular flexibility index (Phi) is 8.89. The van der Waals surface area contributed by atoms with Gasteiger partial charge in [0.2, 0.25) is 0 Å². The summed E-state index contributed by atoms with van der Waals surface area (Å²) in [5, 5.41) is 15.1. The summed E-state index contributed by atoms with van der Waals surface area (Å²) in [4.78, 5) is 43.3. The summed E-state index contributed by atoms with van der Waals surface area (Å²) < 4.78 is 25.1. The van der Waals surface area contributed by atoms with Crippen LogP contribution in [0.25, 0.3) is 22.2 Å². The van der Waals surface area contributed by atoms with E-state index in [2.05, 4.69) is 31.4 Å². The van der Waals surface area contributed by atoms with Crippen LogP contribution in [0.15, 0.2) is 74.7 Å². The molecular weight excluding hydrogens is 727 g/mol. The van der Waals surface area contributed by atoms with Crippen LogP contribution in [0, 0.1) is 12.8 Å². The zero-order chi connectivity index (χ0) is 39.8. The number of hydrogen-bond donors (Lipinski definition) is 4. The Hall–Kier alpha value is -5.73. The first kappa shape index (κ1) is 36.9. The number of nitrogens with two attached hydrogens (primary N) is 2. The first-order valence-corrected chi connectivity index (χ1v) is 19.6. The first-order valence-electron chi connectivity index (χ1n) is 19.6. The van der Waals surface area contributed by atoms with Crippen LogP contribution >= 0.6 is 0 Å². The molecule has 3 aromatic heterocycles. The second kappa shape index (κ2) is 13.7. The minimum Gasteiger partial charge on any atom is -0.507 e. The van der Waals surface area contributed by atoms with E-state index in [1.807, 2.05) is 51.4 Å². The molecule has 0 aliphatic carbocycles. The number of epoxide rings is 1. The molecule has 6 N–H and O–H groups in total. The van der Waals surface area contributed by atoms with Crippen LogP contribution in [0.5, 0.6) is 11.5 Å². The zero-order valence-electron chi connectivity index (χ0n) is 32.5. The Morgan fingerprint density at radius 2 is 1.89 bits per heavy atom. The molecule has 0 saturated carbocycles. The van der Waals surface area contributed by atoms with Crippen LogP contribution in [0.3, 0.4) is 0 Å². The van der Waals surface area contributed by atoms with Gasteiger partial charge < -0.3 is 45.4 Å². The van der Waals surface area contributed by atoms with Crippen LogP contribution in [-0.4, -0.2) is 75.2 Å². The van der Waals surface area contributed by atoms with Crippen LogP contribution in [0.1, 0.15) is 68.0 Å². The Morgan fingerprint density at radius 3 is 2.70 bits per heavy atom. The number of allylic oxidation sites excluding steroid dienone is 1. The smallest absolute Gasteiger partial charge is 0.341 e. The Bertz CT molecular complexity index is 2470. The highest BCUT2D eigenvalue weighted by Crippen LogP contribution is 2.54. The van der Waals surface area contributed by atoms with Gasteiger partial charge in [-0.15, -0.1) is 0 Å². The van der Waals surface area contributed by atoms with Gasteiger partial charge in [-0.1, -0.05) is 0 Å². The number of pyridine rings is 2. The van der Waals surface area contributed by atoms with E-state index in [0.29, 0.717) is 86.1 Å². The SMILES string of the molecule is CNCC1CCC2(OC2CCc2cc(N)nc(-c3cc(N)nc(CN4C=C5C=CN=C5C4)c3)c2)C(=O)OC2C(C1)c1c(cc3oc(C)cc(=O)c3c1O)OC2(C)C. The lowest BCUT2D eigenvalue weighted by Crippen LogP contribution is -2.52. The fraction of sp³-hybridized carbons (Fsp3) is 0.419. The number of fused-ring (bicyclic) bond motifs is 5. The lowest BCUT2D eigenvalue weighted by molar-refractivity contribution is -0.170. The van der Waals surface area contributed by atoms with Gasteiger partial charge in [-0.25, -0.2) is 14.8 Å². The van der Waals surface area contributed by atoms with Gasteiger partial charge >= 0.3 is 5.97 Å². The number of aryl methyl sites for hydroxylation is 2. The standard InChI is InChI=1S/C43H47N7O7/c1-22-11-31(51)38-32(54-22)17-33-37(39(38)52)28-12-24(18-46-4)7-9-43(41(53)55-40(28)42(2,3)56-33)34(57-43)6-5-23-13-29(49-35(44)14-23)26-15-27(48-36(45)16-26)20-50-19-25-8-10-47-30(25)21-50/h8,10-11,13-17,19,24,28,34,40,46,52H,5-7,9,12,18,20-21H2,1-4H3,(H2,44,49)(H2,45,48). The number of nitrogens with one attached hydrogen (secondary N) is 1. The van der Waals surface area contributed by atoms with Crippen molar-refractivity contribution >= 4 is 34.3 Å². The molecule has 9 rings (SSSR count). The van der Waals surface area contributed by atoms with Crippen LogP contribution in [-0.2, 0) is 27.2 Å². The molecular formula is C43H47N7O7. The van der Waals surface area contributed by atoms with Crippen molar-refractivity contribution in [1.29, 1.82) is 0 Å². The Balaban J connectivity index is 0.953. The minimum absolute atomic E-state index is 0.0862. The number of carbonyl (C=O) groups is 1. The average Bonchev–Trinajstić information content (AvgIpc) is 3.44. The molecule has 5 aliphatic rings. The number of nitrogens with zero attached hydrogens (tertiary/aromatic N) is 4. The lowest BCUT2D eigenvalue weighted by atomic mass is 9.75. The third-order valence-corrected chi connectivity index (χ3v) is 12.0. The molecule has 14 nitrogen and oxygen atoms in total. The monoisotopic (exact) mass is 773 g/mol. The largest absolute Gasteiger partial charge is 0.507 e. The summed E-state index contributed by atoms with van der Waals surface area (Å²) in [5.74, 6) is 0.602. The van der Waals surface area contributed by atoms with E-state index in [4.69, 9.17) is 30.1 Å². The van der Waals surface area contributed by atoms with Crippen LogP contribution in [0.2, 0.25) is 0 Å². The fourth-order valence-corrected chi connectivity index (χ4v) is 9.31. The van der Waals surface area contributed by atoms with Crippen molar-refractivity contribution in [2.75, 3.05) is 31.6 Å². The second-order valence-electron chi connectivity index (χ2n) is 16.5. The number of nitrogen functional groups attached to an aromatic ring is 2. The first-order chi connectivity index (χ1) is 27.3. The van der Waals surface area contributed by atoms with E-state index >= 15 is 0 Å². The molecule has 14 heteroatoms. The zero-order valence-corrected chi connectivity index (χ0v) is 32.5. The van der Waals surface area contributed by atoms with Crippen molar-refractivity contribution < 1.29 is 28.5 Å². The van der Waals surface area contributed by atoms with Gasteiger partial charge in [0.15, 0.2) is 11.0 Å². The van der Waals surface area contributed by atoms with Crippen molar-refractivity contribution in [2.45, 2.75) is 88.7 Å². The van der Waals surface area contributed by atoms with E-state index in [1.165, 1.54) is 6.07 Å². The third-order valence-electron chi connectivity index (χ3n) is 12.0. The number of phenols is 1. The number of carbonyl (C=O) groups excluding carboxylic acids is 1. The minimum atomic E-state index is -1.12. The maximum Gasteiger partial charge on any atom is 0.341 e. The Morgan fingerprint density at radius 1 is 1.07 bits per heavy atom. The normalized spacial score (nSPS) is 25.8. The number of aromatic nitrogens is 2. The molecule has 2 fully saturated rings. The number of anilines is 2. The van der Waals surface area contributed by atoms with Crippen molar-refractivity contribution in [3.8, 4) is 22.8 Å². The highest BCUT2D eigenvalue weighted by molar-refractivity contribution is 6.07. The van der Waals surface area contributed by atoms with E-state index < -0.39 is 29.2 Å². The van der Waals surface area contributed by atoms with Gasteiger partial charge in [0.1, 0.15) is 51.6 Å². The molecule has 5 atom stereocenters. The fourth-order valence-electron chi connectivity index (χ4n) is 9.31. The molecule has 5 aliphatic heterocycles. The number of esters is 1. The molecule has 4 aromatic rings. The van der Waals surface area contributed by atoms with Gasteiger partial charge in [0, 0.05) is 47.2 Å². The predicted molar refractivity (Wildman–Crippen MR) is 215 cm³/mol. The number of phenolic OH excluding ortho intramolecular Hbond substituents is 1. The predicted octanol–water partition coefficient (Wildman–Crippen LogP) is 5.05. The van der Waals surface area contributed by atoms with Crippen LogP contribution < -0.4 is 26.9 Å². The summed E-state index contributed by atoms with van der Waals surface area (Å²) in [5.41, 5.74) is 16.3. The lowest BCUT2D eigenvalue weighted by Gasteiger charge is -2.45. The number of benzene rings is 1. The molecule has 1 aromatic carbocycles. The highest BCUT2D eigenvalue weighted by atomic mass is 16.7. The molecule has 0 amide bonds. The van der Waals surface area contributed by atoms with E-state index in [-0.39, 0.29) is 34.2 Å². The summed E-state index contributed by atoms with van der Waals surface area (Å²) in [6.45, 7) is 7.40. The molecule has 296 valence electrons. The highest BCUT2D eigenvalue weighted by Gasteiger charge is 2.65. The van der Waals surface area contributed by atoms with Crippen molar-refractivity contribution in [3.05, 3.63) is 93.3 Å². The molecule has 5 unspecified atom stereocenters. The van der Waals surface area contributed by atoms with E-state index in [0.717, 1.165) is 28.1 Å². The van der Waals surface area contributed by atoms with Crippen molar-refractivity contribution in [3.63, 3.8) is 0 Å². The third kappa shape index (κ3) is 6.69. The molecule has 2 saturated heterocycles. The quantitative estimate of drug-likeness (QED) is 0.137. The number of aromatic hydroxyl groups is 1. The topological polar surface area (TPSA) is 204 Å². The number of rotatable bonds is 8. The summed E-state index contributed by atoms with van der Waals surface area (Å²) in [6, 6.07) is 10.7. The molecule has 0 bridgehead atoms. The Labute approximate surface area is 329 Å². The summed E-state index contributed by atoms with van der Waals surface area (Å²) >= 11 is 0. The molecule has 1 spiro atoms. The van der Waals surface area contributed by atoms with Gasteiger partial charge in [0.25, 0.3) is 0 Å². The molecule has 0 radical (unpaired) electrons. The number of aliphatic imine (C=N–C) groups is 1. The maximum absolute atomic E-state index is 14.4. The molecule has 57 heavy (non-hydrogen) atoms. The van der Waals surface area contributed by atoms with Gasteiger partial charge in [0.05, 0.1) is 36.3 Å². The second-order valence-corrected chi connectivity index (χ2v) is 16.5. The summed E-state index contributed by atoms with van der Waals surface area (Å²) in [7, 11) is 1.90.